The Morgan fingerprint density at radius 2 is 1.95 bits per heavy atom. The van der Waals surface area contributed by atoms with Gasteiger partial charge in [-0.05, 0) is 73.6 Å². The number of nitrogens with two attached hydrogens (primary N) is 1. The van der Waals surface area contributed by atoms with Crippen LogP contribution in [0.4, 0.5) is 5.69 Å². The number of allylic oxidation sites excluding steroid dienone is 1. The van der Waals surface area contributed by atoms with Crippen molar-refractivity contribution in [1.29, 1.82) is 0 Å². The Kier molecular flexibility index (Phi) is 5.44. The van der Waals surface area contributed by atoms with E-state index in [2.05, 4.69) is 13.8 Å². The second-order valence-electron chi connectivity index (χ2n) is 13.0. The smallest absolute Gasteiger partial charge is 0.342 e. The van der Waals surface area contributed by atoms with E-state index in [4.69, 9.17) is 31.5 Å². The number of aliphatic hydroxyl groups is 1. The second kappa shape index (κ2) is 7.94. The van der Waals surface area contributed by atoms with Crippen molar-refractivity contribution in [2.45, 2.75) is 71.6 Å². The fraction of sp³-hybridized carbons (Fsp3) is 0.600. The molecular formula is C30H36ClNO6. The summed E-state index contributed by atoms with van der Waals surface area (Å²) in [6.45, 7) is 12.1. The van der Waals surface area contributed by atoms with Crippen LogP contribution in [-0.2, 0) is 19.0 Å². The van der Waals surface area contributed by atoms with Gasteiger partial charge in [-0.15, -0.1) is 0 Å². The minimum Gasteiger partial charge on any atom is -0.451 e. The number of benzene rings is 1. The summed E-state index contributed by atoms with van der Waals surface area (Å²) in [6.07, 6.45) is 2.55. The number of ketones is 1. The number of ether oxygens (including phenoxy) is 3. The molecule has 7 nitrogen and oxygen atoms in total. The number of hydrogen-bond acceptors (Lipinski definition) is 7. The van der Waals surface area contributed by atoms with Crippen LogP contribution in [0.25, 0.3) is 0 Å². The van der Waals surface area contributed by atoms with Gasteiger partial charge < -0.3 is 25.1 Å². The average molecular weight is 542 g/mol. The van der Waals surface area contributed by atoms with Crippen molar-refractivity contribution in [2.75, 3.05) is 12.3 Å². The minimum absolute atomic E-state index is 0.0195. The Bertz CT molecular complexity index is 1300. The fourth-order valence-corrected chi connectivity index (χ4v) is 8.48. The highest BCUT2D eigenvalue weighted by Crippen LogP contribution is 2.72. The highest BCUT2D eigenvalue weighted by molar-refractivity contribution is 6.34. The Labute approximate surface area is 228 Å². The SMILES string of the molecule is CC1=CC23C(=O)C(C=C4COC(C)(C)OC4C2(O)C1OC(=O)c1c(N)cccc1Cl)C1C(CC3C)C1(C)C. The summed E-state index contributed by atoms with van der Waals surface area (Å²) in [5.41, 5.74) is 4.44. The van der Waals surface area contributed by atoms with Crippen molar-refractivity contribution in [3.63, 3.8) is 0 Å². The summed E-state index contributed by atoms with van der Waals surface area (Å²) >= 11 is 6.33. The summed E-state index contributed by atoms with van der Waals surface area (Å²) in [7, 11) is 0. The molecule has 5 aliphatic rings. The van der Waals surface area contributed by atoms with Gasteiger partial charge in [0.05, 0.1) is 17.0 Å². The maximum Gasteiger partial charge on any atom is 0.342 e. The van der Waals surface area contributed by atoms with Crippen molar-refractivity contribution in [3.05, 3.63) is 52.1 Å². The molecule has 6 rings (SSSR count). The standard InChI is InChI=1S/C30H36ClNO6/c1-14-12-29-15(2)10-18-22(27(18,3)4)17(23(29)33)11-16-13-36-28(5,6)38-25(16)30(29,35)24(14)37-26(34)21-19(31)8-7-9-20(21)32/h7-9,11-12,15,17-18,22,24-25,35H,10,13,32H2,1-6H3. The molecule has 1 aliphatic heterocycles. The van der Waals surface area contributed by atoms with Crippen LogP contribution in [0, 0.1) is 34.5 Å². The van der Waals surface area contributed by atoms with Gasteiger partial charge in [0.1, 0.15) is 11.7 Å². The lowest BCUT2D eigenvalue weighted by atomic mass is 9.59. The lowest BCUT2D eigenvalue weighted by Crippen LogP contribution is -2.68. The number of carbonyl (C=O) groups is 2. The molecular weight excluding hydrogens is 506 g/mol. The number of rotatable bonds is 2. The highest BCUT2D eigenvalue weighted by Gasteiger charge is 2.77. The molecule has 1 aromatic rings. The Balaban J connectivity index is 1.53. The van der Waals surface area contributed by atoms with Crippen molar-refractivity contribution in [2.24, 2.45) is 34.5 Å². The molecule has 3 fully saturated rings. The van der Waals surface area contributed by atoms with Crippen LogP contribution in [0.2, 0.25) is 5.02 Å². The number of carbonyl (C=O) groups excluding carboxylic acids is 2. The van der Waals surface area contributed by atoms with Gasteiger partial charge in [0.15, 0.2) is 23.3 Å². The van der Waals surface area contributed by atoms with Crippen LogP contribution < -0.4 is 5.73 Å². The lowest BCUT2D eigenvalue weighted by Gasteiger charge is -2.52. The van der Waals surface area contributed by atoms with E-state index in [9.17, 15) is 14.7 Å². The third-order valence-corrected chi connectivity index (χ3v) is 10.5. The number of esters is 1. The molecule has 8 unspecified atom stereocenters. The predicted octanol–water partition coefficient (Wildman–Crippen LogP) is 4.71. The van der Waals surface area contributed by atoms with E-state index < -0.39 is 40.9 Å². The van der Waals surface area contributed by atoms with E-state index in [1.165, 1.54) is 0 Å². The van der Waals surface area contributed by atoms with Crippen LogP contribution in [0.1, 0.15) is 58.3 Å². The average Bonchev–Trinajstić information content (AvgIpc) is 3.31. The van der Waals surface area contributed by atoms with Crippen molar-refractivity contribution >= 4 is 29.0 Å². The number of fused-ring (bicyclic) bond motifs is 5. The van der Waals surface area contributed by atoms with Crippen LogP contribution >= 0.6 is 11.6 Å². The van der Waals surface area contributed by atoms with Crippen LogP contribution in [0.15, 0.2) is 41.5 Å². The van der Waals surface area contributed by atoms with Gasteiger partial charge in [0, 0.05) is 11.6 Å². The van der Waals surface area contributed by atoms with Gasteiger partial charge in [0.2, 0.25) is 0 Å². The summed E-state index contributed by atoms with van der Waals surface area (Å²) < 4.78 is 18.6. The quantitative estimate of drug-likeness (QED) is 0.317. The topological polar surface area (TPSA) is 108 Å². The first-order valence-corrected chi connectivity index (χ1v) is 13.8. The van der Waals surface area contributed by atoms with Gasteiger partial charge in [-0.2, -0.15) is 0 Å². The predicted molar refractivity (Wildman–Crippen MR) is 142 cm³/mol. The molecule has 1 saturated heterocycles. The first-order valence-electron chi connectivity index (χ1n) is 13.4. The van der Waals surface area contributed by atoms with Gasteiger partial charge in [-0.3, -0.25) is 4.79 Å². The molecule has 38 heavy (non-hydrogen) atoms. The molecule has 0 radical (unpaired) electrons. The van der Waals surface area contributed by atoms with Crippen LogP contribution in [0.5, 0.6) is 0 Å². The first-order chi connectivity index (χ1) is 17.7. The number of hydrogen-bond donors (Lipinski definition) is 2. The van der Waals surface area contributed by atoms with Gasteiger partial charge in [-0.25, -0.2) is 4.79 Å². The van der Waals surface area contributed by atoms with Crippen LogP contribution in [0.3, 0.4) is 0 Å². The molecule has 1 aromatic carbocycles. The third kappa shape index (κ3) is 3.19. The largest absolute Gasteiger partial charge is 0.451 e. The monoisotopic (exact) mass is 541 g/mol. The van der Waals surface area contributed by atoms with Gasteiger partial charge in [-0.1, -0.05) is 50.6 Å². The summed E-state index contributed by atoms with van der Waals surface area (Å²) in [4.78, 5) is 28.3. The molecule has 1 heterocycles. The second-order valence-corrected chi connectivity index (χ2v) is 13.4. The number of nitrogen functional groups attached to an aromatic ring is 1. The summed E-state index contributed by atoms with van der Waals surface area (Å²) in [6, 6.07) is 4.78. The zero-order chi connectivity index (χ0) is 27.6. The number of halogens is 1. The fourth-order valence-electron chi connectivity index (χ4n) is 8.22. The third-order valence-electron chi connectivity index (χ3n) is 10.1. The zero-order valence-corrected chi connectivity index (χ0v) is 23.5. The molecule has 1 spiro atoms. The van der Waals surface area contributed by atoms with E-state index in [0.29, 0.717) is 17.1 Å². The van der Waals surface area contributed by atoms with Crippen molar-refractivity contribution < 1.29 is 28.9 Å². The minimum atomic E-state index is -1.89. The van der Waals surface area contributed by atoms with E-state index in [1.54, 1.807) is 39.0 Å². The molecule has 8 atom stereocenters. The first kappa shape index (κ1) is 26.1. The zero-order valence-electron chi connectivity index (χ0n) is 22.7. The molecule has 2 bridgehead atoms. The number of Topliss-reactive ketones (excluding diaryl/α,β-unsaturated/α-hetero) is 1. The maximum atomic E-state index is 14.7. The van der Waals surface area contributed by atoms with E-state index in [0.717, 1.165) is 6.42 Å². The molecule has 2 saturated carbocycles. The molecule has 204 valence electrons. The Morgan fingerprint density at radius 3 is 2.63 bits per heavy atom. The van der Waals surface area contributed by atoms with Gasteiger partial charge in [0.25, 0.3) is 0 Å². The normalized spacial score (nSPS) is 41.9. The molecule has 3 N–H and O–H groups in total. The molecule has 0 aromatic heterocycles. The number of anilines is 1. The molecule has 8 heteroatoms. The van der Waals surface area contributed by atoms with E-state index in [1.807, 2.05) is 19.1 Å². The Morgan fingerprint density at radius 1 is 1.24 bits per heavy atom. The maximum absolute atomic E-state index is 14.7. The Hall–Kier alpha value is -2.19. The van der Waals surface area contributed by atoms with Crippen LogP contribution in [-0.4, -0.2) is 47.1 Å². The highest BCUT2D eigenvalue weighted by atomic mass is 35.5. The van der Waals surface area contributed by atoms with E-state index in [-0.39, 0.29) is 45.9 Å². The molecule has 0 amide bonds. The lowest BCUT2D eigenvalue weighted by molar-refractivity contribution is -0.302. The van der Waals surface area contributed by atoms with Gasteiger partial charge >= 0.3 is 5.97 Å². The molecule has 4 aliphatic carbocycles. The summed E-state index contributed by atoms with van der Waals surface area (Å²) in [5.74, 6) is -1.90. The summed E-state index contributed by atoms with van der Waals surface area (Å²) in [5, 5.41) is 13.2. The van der Waals surface area contributed by atoms with Crippen molar-refractivity contribution in [3.8, 4) is 0 Å². The van der Waals surface area contributed by atoms with Crippen molar-refractivity contribution in [1.82, 2.24) is 0 Å². The van der Waals surface area contributed by atoms with E-state index >= 15 is 0 Å².